The average molecular weight is 426 g/mol. The summed E-state index contributed by atoms with van der Waals surface area (Å²) in [6.45, 7) is 7.71. The van der Waals surface area contributed by atoms with Crippen molar-refractivity contribution in [2.24, 2.45) is 0 Å². The molecule has 4 rings (SSSR count). The first-order valence-corrected chi connectivity index (χ1v) is 10.6. The molecule has 1 aliphatic heterocycles. The molecule has 0 spiro atoms. The van der Waals surface area contributed by atoms with Crippen LogP contribution in [0.15, 0.2) is 72.8 Å². The fourth-order valence-corrected chi connectivity index (χ4v) is 4.15. The predicted molar refractivity (Wildman–Crippen MR) is 130 cm³/mol. The maximum absolute atomic E-state index is 13.5. The van der Waals surface area contributed by atoms with Crippen molar-refractivity contribution in [2.45, 2.75) is 20.0 Å². The smallest absolute Gasteiger partial charge is 0.273 e. The monoisotopic (exact) mass is 425 g/mol. The second-order valence-electron chi connectivity index (χ2n) is 7.75. The van der Waals surface area contributed by atoms with Gasteiger partial charge in [0.25, 0.3) is 5.91 Å². The van der Waals surface area contributed by atoms with Crippen LogP contribution in [-0.2, 0) is 13.1 Å². The molecular weight excluding hydrogens is 398 g/mol. The van der Waals surface area contributed by atoms with Gasteiger partial charge in [0.1, 0.15) is 5.69 Å². The van der Waals surface area contributed by atoms with Crippen molar-refractivity contribution in [2.75, 3.05) is 19.3 Å². The largest absolute Gasteiger partial charge is 0.368 e. The first-order chi connectivity index (χ1) is 15.5. The lowest BCUT2D eigenvalue weighted by molar-refractivity contribution is 0.0747. The van der Waals surface area contributed by atoms with Crippen molar-refractivity contribution in [3.63, 3.8) is 0 Å². The van der Waals surface area contributed by atoms with Crippen LogP contribution >= 0.6 is 0 Å². The van der Waals surface area contributed by atoms with E-state index in [4.69, 9.17) is 5.73 Å². The zero-order chi connectivity index (χ0) is 22.7. The predicted octanol–water partition coefficient (Wildman–Crippen LogP) is 4.10. The van der Waals surface area contributed by atoms with Gasteiger partial charge >= 0.3 is 0 Å². The number of allylic oxidation sites excluding steroid dienone is 3. The molecule has 0 bridgehead atoms. The average Bonchev–Trinajstić information content (AvgIpc) is 3.24. The Morgan fingerprint density at radius 1 is 1.19 bits per heavy atom. The Morgan fingerprint density at radius 3 is 2.53 bits per heavy atom. The summed E-state index contributed by atoms with van der Waals surface area (Å²) in [5.74, 6) is -0.0512. The Kier molecular flexibility index (Phi) is 6.14. The number of nitrogens with zero attached hydrogens (tertiary/aromatic N) is 3. The quantitative estimate of drug-likeness (QED) is 0.581. The lowest BCUT2D eigenvalue weighted by Crippen LogP contribution is -2.27. The molecule has 0 fully saturated rings. The van der Waals surface area contributed by atoms with Crippen molar-refractivity contribution in [3.8, 4) is 0 Å². The number of hydrogen-bond acceptors (Lipinski definition) is 5. The number of carbonyl (C=O) groups excluding carboxylic acids is 1. The van der Waals surface area contributed by atoms with Crippen LogP contribution in [-0.4, -0.2) is 34.4 Å². The van der Waals surface area contributed by atoms with Crippen LogP contribution in [0.1, 0.15) is 34.1 Å². The highest BCUT2D eigenvalue weighted by atomic mass is 16.2. The topological polar surface area (TPSA) is 84.1 Å². The first-order valence-electron chi connectivity index (χ1n) is 10.6. The molecule has 3 aromatic rings. The Balaban J connectivity index is 1.79. The van der Waals surface area contributed by atoms with Crippen LogP contribution in [0, 0.1) is 0 Å². The third-order valence-electron chi connectivity index (χ3n) is 5.70. The van der Waals surface area contributed by atoms with Crippen molar-refractivity contribution in [3.05, 3.63) is 95.2 Å². The Bertz CT molecular complexity index is 1230. The molecule has 0 atom stereocenters. The summed E-state index contributed by atoms with van der Waals surface area (Å²) in [7, 11) is 1.91. The van der Waals surface area contributed by atoms with Crippen LogP contribution in [0.3, 0.4) is 0 Å². The van der Waals surface area contributed by atoms with Gasteiger partial charge < -0.3 is 16.0 Å². The van der Waals surface area contributed by atoms with E-state index in [0.29, 0.717) is 36.2 Å². The zero-order valence-electron chi connectivity index (χ0n) is 18.4. The number of nitrogens with one attached hydrogen (secondary N) is 1. The van der Waals surface area contributed by atoms with E-state index in [2.05, 4.69) is 40.1 Å². The number of aromatic nitrogens is 2. The van der Waals surface area contributed by atoms with Crippen molar-refractivity contribution >= 4 is 28.3 Å². The van der Waals surface area contributed by atoms with Gasteiger partial charge in [-0.25, -0.2) is 9.97 Å². The lowest BCUT2D eigenvalue weighted by Gasteiger charge is -2.17. The molecule has 0 unspecified atom stereocenters. The SMILES string of the molecule is C=CC=C(C(=CC)CNC)c1ccc2nc(N)nc(C(=O)N3Cc4ccccc4C3)c2c1. The number of rotatable bonds is 6. The Labute approximate surface area is 188 Å². The maximum atomic E-state index is 13.5. The van der Waals surface area contributed by atoms with Gasteiger partial charge in [-0.15, -0.1) is 0 Å². The maximum Gasteiger partial charge on any atom is 0.273 e. The fourth-order valence-electron chi connectivity index (χ4n) is 4.15. The zero-order valence-corrected chi connectivity index (χ0v) is 18.4. The van der Waals surface area contributed by atoms with Crippen LogP contribution in [0.4, 0.5) is 5.95 Å². The van der Waals surface area contributed by atoms with Crippen LogP contribution < -0.4 is 11.1 Å². The molecule has 1 aliphatic rings. The normalized spacial score (nSPS) is 14.0. The number of likely N-dealkylation sites (N-methyl/N-ethyl adjacent to an activating group) is 1. The van der Waals surface area contributed by atoms with Crippen LogP contribution in [0.25, 0.3) is 16.5 Å². The van der Waals surface area contributed by atoms with Crippen LogP contribution in [0.2, 0.25) is 0 Å². The van der Waals surface area contributed by atoms with Gasteiger partial charge in [-0.2, -0.15) is 0 Å². The van der Waals surface area contributed by atoms with Crippen molar-refractivity contribution in [1.29, 1.82) is 0 Å². The summed E-state index contributed by atoms with van der Waals surface area (Å²) in [6.07, 6.45) is 5.82. The van der Waals surface area contributed by atoms with Gasteiger partial charge in [0, 0.05) is 25.0 Å². The molecule has 162 valence electrons. The minimum atomic E-state index is -0.145. The number of benzene rings is 2. The molecule has 0 aliphatic carbocycles. The van der Waals surface area contributed by atoms with Gasteiger partial charge in [-0.05, 0) is 53.9 Å². The number of hydrogen-bond donors (Lipinski definition) is 2. The highest BCUT2D eigenvalue weighted by Gasteiger charge is 2.27. The fraction of sp³-hybridized carbons (Fsp3) is 0.192. The van der Waals surface area contributed by atoms with Gasteiger partial charge in [-0.1, -0.05) is 55.1 Å². The third-order valence-corrected chi connectivity index (χ3v) is 5.70. The molecule has 0 saturated heterocycles. The van der Waals surface area contributed by atoms with E-state index in [-0.39, 0.29) is 11.9 Å². The van der Waals surface area contributed by atoms with Gasteiger partial charge in [0.15, 0.2) is 0 Å². The molecule has 0 saturated carbocycles. The van der Waals surface area contributed by atoms with Gasteiger partial charge in [0.05, 0.1) is 5.52 Å². The molecule has 2 heterocycles. The summed E-state index contributed by atoms with van der Waals surface area (Å²) < 4.78 is 0. The molecule has 6 heteroatoms. The highest BCUT2D eigenvalue weighted by Crippen LogP contribution is 2.30. The second kappa shape index (κ2) is 9.16. The van der Waals surface area contributed by atoms with E-state index < -0.39 is 0 Å². The summed E-state index contributed by atoms with van der Waals surface area (Å²) >= 11 is 0. The molecule has 6 nitrogen and oxygen atoms in total. The standard InChI is InChI=1S/C26H27N5O/c1-4-8-21(17(5-2)14-28-3)18-11-12-23-22(13-18)24(30-26(27)29-23)25(32)31-15-19-9-6-7-10-20(19)16-31/h4-13,28H,1,14-16H2,2-3H3,(H2,27,29,30). The summed E-state index contributed by atoms with van der Waals surface area (Å²) in [5.41, 5.74) is 12.4. The molecule has 32 heavy (non-hydrogen) atoms. The Morgan fingerprint density at radius 2 is 1.91 bits per heavy atom. The lowest BCUT2D eigenvalue weighted by atomic mass is 9.95. The molecular formula is C26H27N5O. The van der Waals surface area contributed by atoms with E-state index >= 15 is 0 Å². The van der Waals surface area contributed by atoms with E-state index in [1.54, 1.807) is 11.0 Å². The van der Waals surface area contributed by atoms with E-state index in [1.807, 2.05) is 50.4 Å². The summed E-state index contributed by atoms with van der Waals surface area (Å²) in [5, 5.41) is 3.89. The van der Waals surface area contributed by atoms with Crippen LogP contribution in [0.5, 0.6) is 0 Å². The second-order valence-corrected chi connectivity index (χ2v) is 7.75. The first kappa shape index (κ1) is 21.5. The van der Waals surface area contributed by atoms with Crippen molar-refractivity contribution in [1.82, 2.24) is 20.2 Å². The summed E-state index contributed by atoms with van der Waals surface area (Å²) in [4.78, 5) is 24.0. The number of amides is 1. The third kappa shape index (κ3) is 4.05. The number of carbonyl (C=O) groups is 1. The highest BCUT2D eigenvalue weighted by molar-refractivity contribution is 6.05. The summed E-state index contributed by atoms with van der Waals surface area (Å²) in [6, 6.07) is 14.0. The minimum Gasteiger partial charge on any atom is -0.368 e. The van der Waals surface area contributed by atoms with Gasteiger partial charge in [-0.3, -0.25) is 4.79 Å². The molecule has 1 aromatic heterocycles. The molecule has 0 radical (unpaired) electrons. The molecule has 1 amide bonds. The van der Waals surface area contributed by atoms with E-state index in [0.717, 1.165) is 27.8 Å². The Hall–Kier alpha value is -3.77. The number of nitrogens with two attached hydrogens (primary N) is 1. The van der Waals surface area contributed by atoms with E-state index in [9.17, 15) is 4.79 Å². The number of nitrogen functional groups attached to an aromatic ring is 1. The van der Waals surface area contributed by atoms with Crippen molar-refractivity contribution < 1.29 is 4.79 Å². The minimum absolute atomic E-state index is 0.0940. The molecule has 2 aromatic carbocycles. The number of fused-ring (bicyclic) bond motifs is 2. The van der Waals surface area contributed by atoms with E-state index in [1.165, 1.54) is 0 Å². The molecule has 3 N–H and O–H groups in total. The van der Waals surface area contributed by atoms with Gasteiger partial charge in [0.2, 0.25) is 5.95 Å². The number of anilines is 1.